The van der Waals surface area contributed by atoms with E-state index in [9.17, 15) is 9.90 Å². The number of quaternary nitrogens is 1. The molecule has 1 amide bonds. The van der Waals surface area contributed by atoms with Crippen LogP contribution < -0.4 is 20.7 Å². The smallest absolute Gasteiger partial charge is 0.243 e. The van der Waals surface area contributed by atoms with Crippen LogP contribution in [0.1, 0.15) is 30.5 Å². The van der Waals surface area contributed by atoms with Crippen LogP contribution in [0.4, 0.5) is 5.69 Å². The summed E-state index contributed by atoms with van der Waals surface area (Å²) in [6.07, 6.45) is 0.583. The summed E-state index contributed by atoms with van der Waals surface area (Å²) in [5.41, 5.74) is 8.26. The van der Waals surface area contributed by atoms with E-state index in [4.69, 9.17) is 4.74 Å². The Bertz CT molecular complexity index is 836. The lowest BCUT2D eigenvalue weighted by atomic mass is 9.95. The number of fused-ring (bicyclic) bond motifs is 1. The fourth-order valence-corrected chi connectivity index (χ4v) is 3.89. The molecule has 1 aliphatic heterocycles. The summed E-state index contributed by atoms with van der Waals surface area (Å²) in [5.74, 6) is 0.839. The van der Waals surface area contributed by atoms with Gasteiger partial charge < -0.3 is 25.8 Å². The van der Waals surface area contributed by atoms with Gasteiger partial charge in [0.2, 0.25) is 5.91 Å². The lowest BCUT2D eigenvalue weighted by Gasteiger charge is -2.37. The molecule has 0 saturated carbocycles. The number of benzene rings is 2. The molecule has 0 unspecified atom stereocenters. The Balaban J connectivity index is 1.85. The number of hydrogen-bond donors (Lipinski definition) is 3. The summed E-state index contributed by atoms with van der Waals surface area (Å²) in [7, 11) is 1.95. The number of likely N-dealkylation sites (N-methyl/N-ethyl adjacent to an activating group) is 1. The Hall–Kier alpha value is -2.57. The first-order chi connectivity index (χ1) is 13.9. The van der Waals surface area contributed by atoms with Crippen molar-refractivity contribution in [2.45, 2.75) is 45.5 Å². The first-order valence-corrected chi connectivity index (χ1v) is 10.2. The highest BCUT2D eigenvalue weighted by molar-refractivity contribution is 5.86. The number of anilines is 1. The van der Waals surface area contributed by atoms with Gasteiger partial charge in [0.05, 0.1) is 19.2 Å². The predicted octanol–water partition coefficient (Wildman–Crippen LogP) is 1.50. The van der Waals surface area contributed by atoms with Crippen LogP contribution in [0.2, 0.25) is 0 Å². The van der Waals surface area contributed by atoms with E-state index in [1.54, 1.807) is 0 Å². The zero-order valence-electron chi connectivity index (χ0n) is 17.5. The van der Waals surface area contributed by atoms with E-state index in [0.29, 0.717) is 13.0 Å². The predicted molar refractivity (Wildman–Crippen MR) is 114 cm³/mol. The number of aliphatic hydroxyl groups excluding tert-OH is 1. The number of amides is 1. The van der Waals surface area contributed by atoms with Crippen molar-refractivity contribution >= 4 is 11.6 Å². The molecule has 0 bridgehead atoms. The second-order valence-electron chi connectivity index (χ2n) is 8.04. The Morgan fingerprint density at radius 1 is 1.21 bits per heavy atom. The second-order valence-corrected chi connectivity index (χ2v) is 8.04. The summed E-state index contributed by atoms with van der Waals surface area (Å²) >= 11 is 0. The van der Waals surface area contributed by atoms with Crippen LogP contribution in [-0.2, 0) is 24.4 Å². The van der Waals surface area contributed by atoms with Crippen molar-refractivity contribution < 1.29 is 20.4 Å². The third-order valence-electron chi connectivity index (χ3n) is 5.50. The molecule has 6 heteroatoms. The maximum Gasteiger partial charge on any atom is 0.243 e. The molecule has 0 spiro atoms. The van der Waals surface area contributed by atoms with E-state index in [1.165, 1.54) is 5.56 Å². The topological polar surface area (TPSA) is 89.4 Å². The molecule has 3 rings (SSSR count). The molecule has 1 aliphatic rings. The standard InChI is InChI=1S/C23H31N3O3/c1-15(2)22-23(28)25-19(13-27)10-18-8-9-20(11-21(18)26(22)3)29-14-17-6-4-16(12-24)5-7-17/h4-9,11,15,19,22,27H,10,12-14,24H2,1-3H3,(H,25,28)/p+1/t19-,22-/m0/s1. The Morgan fingerprint density at radius 3 is 2.52 bits per heavy atom. The number of aliphatic hydroxyl groups is 1. The first-order valence-electron chi connectivity index (χ1n) is 10.2. The van der Waals surface area contributed by atoms with Crippen molar-refractivity contribution in [1.82, 2.24) is 5.32 Å². The molecule has 2 aromatic rings. The maximum absolute atomic E-state index is 12.7. The quantitative estimate of drug-likeness (QED) is 0.688. The zero-order chi connectivity index (χ0) is 21.0. The maximum atomic E-state index is 12.7. The van der Waals surface area contributed by atoms with Crippen LogP contribution in [0.25, 0.3) is 0 Å². The van der Waals surface area contributed by atoms with E-state index in [0.717, 1.165) is 29.1 Å². The number of hydrogen-bond acceptors (Lipinski definition) is 4. The van der Waals surface area contributed by atoms with E-state index in [2.05, 4.69) is 35.3 Å². The van der Waals surface area contributed by atoms with Crippen LogP contribution in [0.5, 0.6) is 5.75 Å². The van der Waals surface area contributed by atoms with Crippen molar-refractivity contribution in [3.05, 3.63) is 59.2 Å². The lowest BCUT2D eigenvalue weighted by molar-refractivity contribution is -0.386. The van der Waals surface area contributed by atoms with Gasteiger partial charge in [0, 0.05) is 24.4 Å². The van der Waals surface area contributed by atoms with Gasteiger partial charge in [0.1, 0.15) is 18.4 Å². The molecule has 156 valence electrons. The van der Waals surface area contributed by atoms with E-state index >= 15 is 0 Å². The largest absolute Gasteiger partial charge is 0.489 e. The minimum absolute atomic E-state index is 0.0518. The Labute approximate surface area is 172 Å². The normalized spacial score (nSPS) is 19.4. The summed E-state index contributed by atoms with van der Waals surface area (Å²) < 4.78 is 6.04. The minimum atomic E-state index is -0.312. The van der Waals surface area contributed by atoms with Gasteiger partial charge in [-0.05, 0) is 29.5 Å². The number of nitrogens with one attached hydrogen (secondary N) is 1. The van der Waals surface area contributed by atoms with Gasteiger partial charge in [0.15, 0.2) is 0 Å². The SMILES string of the molecule is CC(C)[C@H]1C(=O)N[C@H](CO)Cc2ccc(OCc3ccc(C[NH3+])cc3)cc2N1C. The average molecular weight is 399 g/mol. The van der Waals surface area contributed by atoms with Crippen molar-refractivity contribution in [3.8, 4) is 5.75 Å². The highest BCUT2D eigenvalue weighted by atomic mass is 16.5. The molecule has 2 aromatic carbocycles. The molecular weight excluding hydrogens is 366 g/mol. The number of carbonyl (C=O) groups is 1. The fraction of sp³-hybridized carbons (Fsp3) is 0.435. The summed E-state index contributed by atoms with van der Waals surface area (Å²) in [6.45, 7) is 5.24. The third kappa shape index (κ3) is 4.89. The van der Waals surface area contributed by atoms with Gasteiger partial charge in [-0.1, -0.05) is 44.2 Å². The van der Waals surface area contributed by atoms with Crippen LogP contribution in [-0.4, -0.2) is 36.8 Å². The molecule has 29 heavy (non-hydrogen) atoms. The van der Waals surface area contributed by atoms with Gasteiger partial charge in [-0.3, -0.25) is 4.79 Å². The highest BCUT2D eigenvalue weighted by Crippen LogP contribution is 2.31. The van der Waals surface area contributed by atoms with Crippen molar-refractivity contribution in [2.75, 3.05) is 18.6 Å². The van der Waals surface area contributed by atoms with Gasteiger partial charge in [-0.2, -0.15) is 0 Å². The number of ether oxygens (including phenoxy) is 1. The number of rotatable bonds is 6. The van der Waals surface area contributed by atoms with Crippen LogP contribution in [0, 0.1) is 5.92 Å². The van der Waals surface area contributed by atoms with E-state index in [-0.39, 0.29) is 30.5 Å². The van der Waals surface area contributed by atoms with E-state index in [1.807, 2.05) is 44.0 Å². The summed E-state index contributed by atoms with van der Waals surface area (Å²) in [4.78, 5) is 14.8. The van der Waals surface area contributed by atoms with Crippen molar-refractivity contribution in [2.24, 2.45) is 5.92 Å². The van der Waals surface area contributed by atoms with Gasteiger partial charge >= 0.3 is 0 Å². The molecule has 1 heterocycles. The fourth-order valence-electron chi connectivity index (χ4n) is 3.89. The first kappa shape index (κ1) is 21.1. The minimum Gasteiger partial charge on any atom is -0.489 e. The molecular formula is C23H32N3O3+. The van der Waals surface area contributed by atoms with E-state index < -0.39 is 0 Å². The van der Waals surface area contributed by atoms with Crippen LogP contribution >= 0.6 is 0 Å². The molecule has 0 aromatic heterocycles. The Morgan fingerprint density at radius 2 is 1.90 bits per heavy atom. The lowest BCUT2D eigenvalue weighted by Crippen LogP contribution is -2.54. The second kappa shape index (κ2) is 9.29. The molecule has 6 nitrogen and oxygen atoms in total. The highest BCUT2D eigenvalue weighted by Gasteiger charge is 2.32. The Kier molecular flexibility index (Phi) is 6.77. The molecule has 0 saturated heterocycles. The van der Waals surface area contributed by atoms with Gasteiger partial charge in [-0.15, -0.1) is 0 Å². The van der Waals surface area contributed by atoms with Gasteiger partial charge in [0.25, 0.3) is 0 Å². The van der Waals surface area contributed by atoms with Crippen LogP contribution in [0.3, 0.4) is 0 Å². The zero-order valence-corrected chi connectivity index (χ0v) is 17.5. The molecule has 0 fully saturated rings. The molecule has 5 N–H and O–H groups in total. The van der Waals surface area contributed by atoms with Crippen LogP contribution in [0.15, 0.2) is 42.5 Å². The van der Waals surface area contributed by atoms with Gasteiger partial charge in [-0.25, -0.2) is 0 Å². The molecule has 0 radical (unpaired) electrons. The third-order valence-corrected chi connectivity index (χ3v) is 5.50. The number of nitrogens with zero attached hydrogens (tertiary/aromatic N) is 1. The average Bonchev–Trinajstić information content (AvgIpc) is 2.71. The summed E-state index contributed by atoms with van der Waals surface area (Å²) in [5, 5.41) is 12.7. The van der Waals surface area contributed by atoms with Crippen molar-refractivity contribution in [3.63, 3.8) is 0 Å². The summed E-state index contributed by atoms with van der Waals surface area (Å²) in [6, 6.07) is 13.7. The van der Waals surface area contributed by atoms with Crippen molar-refractivity contribution in [1.29, 1.82) is 0 Å². The molecule has 2 atom stereocenters. The monoisotopic (exact) mass is 398 g/mol. The number of carbonyl (C=O) groups excluding carboxylic acids is 1. The molecule has 0 aliphatic carbocycles.